The van der Waals surface area contributed by atoms with Crippen molar-refractivity contribution in [3.8, 4) is 0 Å². The Morgan fingerprint density at radius 2 is 2.00 bits per heavy atom. The predicted octanol–water partition coefficient (Wildman–Crippen LogP) is 1.76. The maximum absolute atomic E-state index is 11.2. The Morgan fingerprint density at radius 1 is 1.38 bits per heavy atom. The van der Waals surface area contributed by atoms with Crippen LogP contribution in [0.1, 0.15) is 20.3 Å². The summed E-state index contributed by atoms with van der Waals surface area (Å²) in [6.07, 6.45) is 2.90. The van der Waals surface area contributed by atoms with Crippen LogP contribution in [0, 0.1) is 11.8 Å². The molecule has 6 heteroatoms. The van der Waals surface area contributed by atoms with E-state index in [9.17, 15) is 4.21 Å². The first-order valence-electron chi connectivity index (χ1n) is 5.48. The van der Waals surface area contributed by atoms with Gasteiger partial charge in [-0.2, -0.15) is 9.36 Å². The zero-order valence-electron chi connectivity index (χ0n) is 9.84. The van der Waals surface area contributed by atoms with Gasteiger partial charge in [-0.3, -0.25) is 4.21 Å². The predicted molar refractivity (Wildman–Crippen MR) is 67.4 cm³/mol. The number of aromatic nitrogens is 2. The zero-order valence-corrected chi connectivity index (χ0v) is 11.5. The third kappa shape index (κ3) is 2.60. The maximum atomic E-state index is 11.2. The lowest BCUT2D eigenvalue weighted by Crippen LogP contribution is -2.38. The lowest BCUT2D eigenvalue weighted by molar-refractivity contribution is 0.356. The minimum absolute atomic E-state index is 0.464. The van der Waals surface area contributed by atoms with Gasteiger partial charge in [0.15, 0.2) is 0 Å². The summed E-state index contributed by atoms with van der Waals surface area (Å²) in [6.45, 7) is 6.61. The second-order valence-corrected chi connectivity index (χ2v) is 6.67. The molecule has 1 fully saturated rings. The number of anilines is 1. The average molecular weight is 259 g/mol. The summed E-state index contributed by atoms with van der Waals surface area (Å²) >= 11 is 1.36. The summed E-state index contributed by atoms with van der Waals surface area (Å²) in [4.78, 5) is 6.61. The largest absolute Gasteiger partial charge is 0.346 e. The average Bonchev–Trinajstić information content (AvgIpc) is 2.64. The second-order valence-electron chi connectivity index (χ2n) is 4.66. The topological polar surface area (TPSA) is 46.1 Å². The monoisotopic (exact) mass is 259 g/mol. The van der Waals surface area contributed by atoms with Crippen molar-refractivity contribution in [3.05, 3.63) is 0 Å². The molecule has 0 spiro atoms. The van der Waals surface area contributed by atoms with Crippen molar-refractivity contribution in [2.24, 2.45) is 11.8 Å². The van der Waals surface area contributed by atoms with Crippen molar-refractivity contribution >= 4 is 27.5 Å². The van der Waals surface area contributed by atoms with Crippen LogP contribution in [0.15, 0.2) is 5.16 Å². The van der Waals surface area contributed by atoms with Gasteiger partial charge in [-0.25, -0.2) is 0 Å². The van der Waals surface area contributed by atoms with Gasteiger partial charge in [-0.1, -0.05) is 13.8 Å². The molecular weight excluding hydrogens is 242 g/mol. The normalized spacial score (nSPS) is 28.1. The zero-order chi connectivity index (χ0) is 11.7. The van der Waals surface area contributed by atoms with Gasteiger partial charge in [-0.15, -0.1) is 0 Å². The van der Waals surface area contributed by atoms with Gasteiger partial charge in [0.2, 0.25) is 10.3 Å². The van der Waals surface area contributed by atoms with Crippen LogP contribution in [-0.2, 0) is 10.8 Å². The highest BCUT2D eigenvalue weighted by atomic mass is 32.2. The van der Waals surface area contributed by atoms with E-state index in [0.717, 1.165) is 18.2 Å². The summed E-state index contributed by atoms with van der Waals surface area (Å²) in [5, 5.41) is 1.38. The maximum Gasteiger partial charge on any atom is 0.232 e. The summed E-state index contributed by atoms with van der Waals surface area (Å²) in [5.74, 6) is 1.39. The van der Waals surface area contributed by atoms with Crippen molar-refractivity contribution in [3.63, 3.8) is 0 Å². The molecule has 0 N–H and O–H groups in total. The Balaban J connectivity index is 2.13. The third-order valence-electron chi connectivity index (χ3n) is 2.79. The highest BCUT2D eigenvalue weighted by Gasteiger charge is 2.24. The number of hydrogen-bond donors (Lipinski definition) is 0. The lowest BCUT2D eigenvalue weighted by atomic mass is 9.92. The molecule has 0 aliphatic carbocycles. The van der Waals surface area contributed by atoms with Gasteiger partial charge >= 0.3 is 0 Å². The van der Waals surface area contributed by atoms with E-state index < -0.39 is 10.8 Å². The lowest BCUT2D eigenvalue weighted by Gasteiger charge is -2.34. The molecule has 3 atom stereocenters. The molecule has 4 nitrogen and oxygen atoms in total. The summed E-state index contributed by atoms with van der Waals surface area (Å²) in [6, 6.07) is 0. The van der Waals surface area contributed by atoms with Crippen LogP contribution < -0.4 is 4.90 Å². The minimum atomic E-state index is -1.07. The van der Waals surface area contributed by atoms with E-state index in [-0.39, 0.29) is 0 Å². The standard InChI is InChI=1S/C10H17N3OS2/c1-7-4-8(2)6-13(5-7)10-11-9(12-15-10)16(3)14/h7-8H,4-6H2,1-3H3. The highest BCUT2D eigenvalue weighted by Crippen LogP contribution is 2.27. The first kappa shape index (κ1) is 12.0. The van der Waals surface area contributed by atoms with E-state index in [4.69, 9.17) is 0 Å². The Kier molecular flexibility index (Phi) is 3.59. The Hall–Kier alpha value is -0.490. The summed E-state index contributed by atoms with van der Waals surface area (Å²) < 4.78 is 15.4. The van der Waals surface area contributed by atoms with Crippen LogP contribution in [0.4, 0.5) is 5.13 Å². The molecular formula is C10H17N3OS2. The Labute approximate surface area is 103 Å². The van der Waals surface area contributed by atoms with Gasteiger partial charge in [0.25, 0.3) is 0 Å². The Morgan fingerprint density at radius 3 is 2.50 bits per heavy atom. The molecule has 0 bridgehead atoms. The molecule has 1 aromatic rings. The molecule has 0 aromatic carbocycles. The van der Waals surface area contributed by atoms with Crippen LogP contribution in [-0.4, -0.2) is 32.9 Å². The van der Waals surface area contributed by atoms with E-state index in [1.165, 1.54) is 18.0 Å². The number of rotatable bonds is 2. The van der Waals surface area contributed by atoms with Crippen LogP contribution in [0.25, 0.3) is 0 Å². The van der Waals surface area contributed by atoms with Crippen LogP contribution in [0.2, 0.25) is 0 Å². The van der Waals surface area contributed by atoms with Crippen LogP contribution >= 0.6 is 11.5 Å². The van der Waals surface area contributed by atoms with Crippen LogP contribution in [0.5, 0.6) is 0 Å². The van der Waals surface area contributed by atoms with E-state index in [0.29, 0.717) is 17.0 Å². The number of piperidine rings is 1. The molecule has 1 aliphatic heterocycles. The summed E-state index contributed by atoms with van der Waals surface area (Å²) in [7, 11) is -1.07. The van der Waals surface area contributed by atoms with Crippen molar-refractivity contribution in [2.45, 2.75) is 25.4 Å². The molecule has 0 saturated carbocycles. The van der Waals surface area contributed by atoms with Crippen molar-refractivity contribution in [1.82, 2.24) is 9.36 Å². The molecule has 2 rings (SSSR count). The molecule has 90 valence electrons. The molecule has 1 aromatic heterocycles. The van der Waals surface area contributed by atoms with E-state index in [1.54, 1.807) is 6.26 Å². The van der Waals surface area contributed by atoms with E-state index in [1.807, 2.05) is 0 Å². The number of hydrogen-bond acceptors (Lipinski definition) is 5. The van der Waals surface area contributed by atoms with Crippen molar-refractivity contribution in [1.29, 1.82) is 0 Å². The molecule has 1 saturated heterocycles. The fraction of sp³-hybridized carbons (Fsp3) is 0.800. The molecule has 3 unspecified atom stereocenters. The Bertz CT molecular complexity index is 383. The van der Waals surface area contributed by atoms with Gasteiger partial charge < -0.3 is 4.90 Å². The first-order valence-corrected chi connectivity index (χ1v) is 7.81. The smallest absolute Gasteiger partial charge is 0.232 e. The minimum Gasteiger partial charge on any atom is -0.346 e. The third-order valence-corrected chi connectivity index (χ3v) is 4.38. The fourth-order valence-electron chi connectivity index (χ4n) is 2.27. The molecule has 0 radical (unpaired) electrons. The van der Waals surface area contributed by atoms with Gasteiger partial charge in [0.1, 0.15) is 0 Å². The molecule has 16 heavy (non-hydrogen) atoms. The fourth-order valence-corrected chi connectivity index (χ4v) is 3.66. The van der Waals surface area contributed by atoms with Gasteiger partial charge in [-0.05, 0) is 18.3 Å². The van der Waals surface area contributed by atoms with E-state index >= 15 is 0 Å². The first-order chi connectivity index (χ1) is 7.56. The van der Waals surface area contributed by atoms with Gasteiger partial charge in [0, 0.05) is 30.9 Å². The molecule has 1 aliphatic rings. The van der Waals surface area contributed by atoms with E-state index in [2.05, 4.69) is 28.1 Å². The number of nitrogens with zero attached hydrogens (tertiary/aromatic N) is 3. The second kappa shape index (κ2) is 4.79. The van der Waals surface area contributed by atoms with Crippen molar-refractivity contribution in [2.75, 3.05) is 24.2 Å². The van der Waals surface area contributed by atoms with Gasteiger partial charge in [0.05, 0.1) is 10.8 Å². The molecule has 2 heterocycles. The van der Waals surface area contributed by atoms with Crippen LogP contribution in [0.3, 0.4) is 0 Å². The quantitative estimate of drug-likeness (QED) is 0.812. The molecule has 0 amide bonds. The summed E-state index contributed by atoms with van der Waals surface area (Å²) in [5.41, 5.74) is 0. The SMILES string of the molecule is CC1CC(C)CN(c2nc(S(C)=O)ns2)C1. The van der Waals surface area contributed by atoms with Crippen molar-refractivity contribution < 1.29 is 4.21 Å². The highest BCUT2D eigenvalue weighted by molar-refractivity contribution is 7.84.